The van der Waals surface area contributed by atoms with Gasteiger partial charge in [-0.2, -0.15) is 10.5 Å². The minimum absolute atomic E-state index is 0.319. The molecule has 0 radical (unpaired) electrons. The summed E-state index contributed by atoms with van der Waals surface area (Å²) in [6.07, 6.45) is 1.76. The van der Waals surface area contributed by atoms with Crippen LogP contribution in [0.4, 0.5) is 0 Å². The van der Waals surface area contributed by atoms with E-state index in [2.05, 4.69) is 12.1 Å². The monoisotopic (exact) mass is 414 g/mol. The summed E-state index contributed by atoms with van der Waals surface area (Å²) in [6, 6.07) is 24.3. The summed E-state index contributed by atoms with van der Waals surface area (Å²) in [5.74, 6) is 1.18. The van der Waals surface area contributed by atoms with E-state index in [0.717, 1.165) is 11.1 Å². The molecule has 0 aliphatic carbocycles. The average Bonchev–Trinajstić information content (AvgIpc) is 2.78. The van der Waals surface area contributed by atoms with Crippen LogP contribution in [0.2, 0.25) is 5.02 Å². The van der Waals surface area contributed by atoms with E-state index in [0.29, 0.717) is 46.4 Å². The number of allylic oxidation sites excluding steroid dienone is 1. The first-order chi connectivity index (χ1) is 14.6. The number of halogens is 1. The smallest absolute Gasteiger partial charge is 0.161 e. The molecule has 0 heterocycles. The molecule has 30 heavy (non-hydrogen) atoms. The molecule has 5 heteroatoms. The Labute approximate surface area is 181 Å². The maximum atomic E-state index is 9.60. The van der Waals surface area contributed by atoms with Gasteiger partial charge in [-0.3, -0.25) is 0 Å². The van der Waals surface area contributed by atoms with E-state index in [1.807, 2.05) is 49.4 Å². The van der Waals surface area contributed by atoms with Gasteiger partial charge in [0.05, 0.1) is 29.9 Å². The highest BCUT2D eigenvalue weighted by molar-refractivity contribution is 6.31. The number of hydrogen-bond acceptors (Lipinski definition) is 4. The van der Waals surface area contributed by atoms with Crippen LogP contribution in [-0.4, -0.2) is 6.61 Å². The normalized spacial score (nSPS) is 10.7. The summed E-state index contributed by atoms with van der Waals surface area (Å²) in [5, 5.41) is 19.3. The molecule has 0 saturated carbocycles. The lowest BCUT2D eigenvalue weighted by atomic mass is 10.0. The predicted molar refractivity (Wildman–Crippen MR) is 118 cm³/mol. The van der Waals surface area contributed by atoms with Crippen molar-refractivity contribution in [3.8, 4) is 23.6 Å². The zero-order chi connectivity index (χ0) is 21.3. The molecule has 0 fully saturated rings. The topological polar surface area (TPSA) is 66.0 Å². The first-order valence-electron chi connectivity index (χ1n) is 9.40. The Bertz CT molecular complexity index is 1160. The summed E-state index contributed by atoms with van der Waals surface area (Å²) < 4.78 is 11.7. The number of benzene rings is 3. The van der Waals surface area contributed by atoms with Gasteiger partial charge in [0.2, 0.25) is 0 Å². The van der Waals surface area contributed by atoms with Gasteiger partial charge in [-0.1, -0.05) is 48.0 Å². The zero-order valence-electron chi connectivity index (χ0n) is 16.4. The number of rotatable bonds is 7. The molecule has 0 aliphatic heterocycles. The molecule has 4 nitrogen and oxygen atoms in total. The van der Waals surface area contributed by atoms with Crippen molar-refractivity contribution in [1.82, 2.24) is 0 Å². The fourth-order valence-corrected chi connectivity index (χ4v) is 3.07. The summed E-state index contributed by atoms with van der Waals surface area (Å²) in [4.78, 5) is 0. The van der Waals surface area contributed by atoms with Crippen molar-refractivity contribution in [2.24, 2.45) is 0 Å². The van der Waals surface area contributed by atoms with Crippen molar-refractivity contribution in [1.29, 1.82) is 10.5 Å². The number of hydrogen-bond donors (Lipinski definition) is 0. The van der Waals surface area contributed by atoms with Gasteiger partial charge in [-0.25, -0.2) is 0 Å². The molecule has 0 spiro atoms. The van der Waals surface area contributed by atoms with E-state index in [1.54, 1.807) is 30.3 Å². The van der Waals surface area contributed by atoms with Crippen molar-refractivity contribution in [3.05, 3.63) is 94.0 Å². The Hall–Kier alpha value is -3.73. The number of ether oxygens (including phenoxy) is 2. The van der Waals surface area contributed by atoms with Crippen molar-refractivity contribution in [2.45, 2.75) is 13.5 Å². The lowest BCUT2D eigenvalue weighted by Gasteiger charge is -2.13. The summed E-state index contributed by atoms with van der Waals surface area (Å²) >= 11 is 6.20. The van der Waals surface area contributed by atoms with Gasteiger partial charge in [0.1, 0.15) is 6.61 Å². The van der Waals surface area contributed by atoms with Gasteiger partial charge >= 0.3 is 0 Å². The number of nitriles is 2. The maximum absolute atomic E-state index is 9.60. The van der Waals surface area contributed by atoms with Gasteiger partial charge in [0, 0.05) is 10.6 Å². The molecule has 0 atom stereocenters. The lowest BCUT2D eigenvalue weighted by molar-refractivity contribution is 0.269. The van der Waals surface area contributed by atoms with Crippen LogP contribution in [0.25, 0.3) is 11.6 Å². The third kappa shape index (κ3) is 5.20. The first kappa shape index (κ1) is 21.0. The van der Waals surface area contributed by atoms with E-state index in [4.69, 9.17) is 26.3 Å². The van der Waals surface area contributed by atoms with Crippen molar-refractivity contribution in [3.63, 3.8) is 0 Å². The van der Waals surface area contributed by atoms with E-state index in [-0.39, 0.29) is 0 Å². The van der Waals surface area contributed by atoms with Gasteiger partial charge in [0.15, 0.2) is 11.5 Å². The number of nitrogens with zero attached hydrogens (tertiary/aromatic N) is 2. The van der Waals surface area contributed by atoms with Gasteiger partial charge in [-0.05, 0) is 54.5 Å². The fraction of sp³-hybridized carbons (Fsp3) is 0.120. The van der Waals surface area contributed by atoms with Gasteiger partial charge in [0.25, 0.3) is 0 Å². The second kappa shape index (κ2) is 10.2. The van der Waals surface area contributed by atoms with Crippen molar-refractivity contribution in [2.75, 3.05) is 6.61 Å². The molecule has 0 unspecified atom stereocenters. The molecule has 0 N–H and O–H groups in total. The summed E-state index contributed by atoms with van der Waals surface area (Å²) in [7, 11) is 0. The van der Waals surface area contributed by atoms with Crippen LogP contribution in [0.3, 0.4) is 0 Å². The highest BCUT2D eigenvalue weighted by Crippen LogP contribution is 2.31. The zero-order valence-corrected chi connectivity index (χ0v) is 17.2. The molecule has 148 valence electrons. The molecular weight excluding hydrogens is 396 g/mol. The second-order valence-electron chi connectivity index (χ2n) is 6.38. The standard InChI is InChI=1S/C25H19ClN2O2/c1-2-29-25-14-18(12-22(16-28)20-8-5-6-19(13-20)15-27)10-11-24(25)30-17-21-7-3-4-9-23(21)26/h3-14H,2,17H2,1H3/b22-12-. The first-order valence-corrected chi connectivity index (χ1v) is 9.77. The largest absolute Gasteiger partial charge is 0.490 e. The van der Waals surface area contributed by atoms with Crippen LogP contribution >= 0.6 is 11.6 Å². The Morgan fingerprint density at radius 3 is 2.53 bits per heavy atom. The van der Waals surface area contributed by atoms with Crippen LogP contribution in [0, 0.1) is 22.7 Å². The van der Waals surface area contributed by atoms with E-state index < -0.39 is 0 Å². The van der Waals surface area contributed by atoms with E-state index >= 15 is 0 Å². The third-order valence-corrected chi connectivity index (χ3v) is 4.71. The Balaban J connectivity index is 1.88. The minimum atomic E-state index is 0.319. The Morgan fingerprint density at radius 1 is 0.967 bits per heavy atom. The molecular formula is C25H19ClN2O2. The Morgan fingerprint density at radius 2 is 1.80 bits per heavy atom. The molecule has 3 rings (SSSR count). The SMILES string of the molecule is CCOc1cc(/C=C(/C#N)c2cccc(C#N)c2)ccc1OCc1ccccc1Cl. The third-order valence-electron chi connectivity index (χ3n) is 4.34. The molecule has 0 aromatic heterocycles. The highest BCUT2D eigenvalue weighted by atomic mass is 35.5. The van der Waals surface area contributed by atoms with Crippen LogP contribution < -0.4 is 9.47 Å². The molecule has 0 aliphatic rings. The molecule has 3 aromatic carbocycles. The molecule has 0 bridgehead atoms. The van der Waals surface area contributed by atoms with Crippen LogP contribution in [0.1, 0.15) is 29.2 Å². The van der Waals surface area contributed by atoms with Crippen LogP contribution in [0.5, 0.6) is 11.5 Å². The second-order valence-corrected chi connectivity index (χ2v) is 6.79. The average molecular weight is 415 g/mol. The van der Waals surface area contributed by atoms with E-state index in [1.165, 1.54) is 0 Å². The lowest BCUT2D eigenvalue weighted by Crippen LogP contribution is -2.00. The molecule has 0 amide bonds. The fourth-order valence-electron chi connectivity index (χ4n) is 2.88. The van der Waals surface area contributed by atoms with Crippen molar-refractivity contribution >= 4 is 23.3 Å². The summed E-state index contributed by atoms with van der Waals surface area (Å²) in [6.45, 7) is 2.69. The van der Waals surface area contributed by atoms with E-state index in [9.17, 15) is 5.26 Å². The van der Waals surface area contributed by atoms with Gasteiger partial charge in [-0.15, -0.1) is 0 Å². The van der Waals surface area contributed by atoms with Gasteiger partial charge < -0.3 is 9.47 Å². The van der Waals surface area contributed by atoms with Crippen molar-refractivity contribution < 1.29 is 9.47 Å². The summed E-state index contributed by atoms with van der Waals surface area (Å²) in [5.41, 5.74) is 3.33. The molecule has 0 saturated heterocycles. The van der Waals surface area contributed by atoms with Crippen LogP contribution in [-0.2, 0) is 6.61 Å². The Kier molecular flexibility index (Phi) is 7.11. The quantitative estimate of drug-likeness (QED) is 0.338. The van der Waals surface area contributed by atoms with Crippen LogP contribution in [0.15, 0.2) is 66.7 Å². The highest BCUT2D eigenvalue weighted by Gasteiger charge is 2.09. The maximum Gasteiger partial charge on any atom is 0.161 e. The minimum Gasteiger partial charge on any atom is -0.490 e. The predicted octanol–water partition coefficient (Wildman–Crippen LogP) is 6.25. The molecule has 3 aromatic rings.